The van der Waals surface area contributed by atoms with E-state index in [0.717, 1.165) is 24.7 Å². The molecule has 1 atom stereocenters. The van der Waals surface area contributed by atoms with Crippen LogP contribution in [0.25, 0.3) is 0 Å². The van der Waals surface area contributed by atoms with Crippen LogP contribution >= 0.6 is 11.8 Å². The summed E-state index contributed by atoms with van der Waals surface area (Å²) in [5.41, 5.74) is 0.296. The minimum absolute atomic E-state index is 0.296. The van der Waals surface area contributed by atoms with Gasteiger partial charge in [-0.15, -0.1) is 0 Å². The van der Waals surface area contributed by atoms with Crippen molar-refractivity contribution < 1.29 is 4.74 Å². The maximum Gasteiger partial charge on any atom is 0.157 e. The van der Waals surface area contributed by atoms with Crippen molar-refractivity contribution in [1.82, 2.24) is 5.32 Å². The number of rotatable bonds is 5. The number of ether oxygens (including phenoxy) is 1. The fraction of sp³-hybridized carbons (Fsp3) is 0.929. The molecular weight excluding hydrogens is 244 g/mol. The highest BCUT2D eigenvalue weighted by molar-refractivity contribution is 8.14. The Morgan fingerprint density at radius 1 is 1.39 bits per heavy atom. The van der Waals surface area contributed by atoms with E-state index < -0.39 is 0 Å². The fourth-order valence-corrected chi connectivity index (χ4v) is 3.93. The molecule has 2 fully saturated rings. The van der Waals surface area contributed by atoms with E-state index in [1.54, 1.807) is 0 Å². The second-order valence-corrected chi connectivity index (χ2v) is 6.33. The minimum Gasteiger partial charge on any atom is -0.378 e. The molecule has 0 bridgehead atoms. The third-order valence-corrected chi connectivity index (χ3v) is 5.39. The largest absolute Gasteiger partial charge is 0.378 e. The first-order chi connectivity index (χ1) is 8.78. The van der Waals surface area contributed by atoms with Crippen molar-refractivity contribution in [1.29, 1.82) is 0 Å². The van der Waals surface area contributed by atoms with Gasteiger partial charge in [-0.25, -0.2) is 0 Å². The molecule has 0 aromatic rings. The molecule has 1 unspecified atom stereocenters. The molecule has 2 saturated heterocycles. The van der Waals surface area contributed by atoms with E-state index in [-0.39, 0.29) is 0 Å². The highest BCUT2D eigenvalue weighted by Crippen LogP contribution is 2.29. The highest BCUT2D eigenvalue weighted by atomic mass is 32.2. The predicted molar refractivity (Wildman–Crippen MR) is 79.4 cm³/mol. The topological polar surface area (TPSA) is 33.6 Å². The zero-order valence-electron chi connectivity index (χ0n) is 11.7. The summed E-state index contributed by atoms with van der Waals surface area (Å²) in [5, 5.41) is 4.76. The van der Waals surface area contributed by atoms with E-state index in [4.69, 9.17) is 9.73 Å². The standard InChI is InChI=1S/C14H26N2OS/c1-3-14(4-2)11-18-13(16-14)15-9-8-12-7-5-6-10-17-12/h12H,3-11H2,1-2H3,(H,15,16). The Labute approximate surface area is 115 Å². The summed E-state index contributed by atoms with van der Waals surface area (Å²) in [6, 6.07) is 0. The maximum atomic E-state index is 5.73. The Bertz CT molecular complexity index is 284. The number of hydrogen-bond donors (Lipinski definition) is 1. The number of nitrogens with zero attached hydrogens (tertiary/aromatic N) is 1. The van der Waals surface area contributed by atoms with Gasteiger partial charge >= 0.3 is 0 Å². The third kappa shape index (κ3) is 3.64. The molecule has 0 saturated carbocycles. The van der Waals surface area contributed by atoms with Crippen LogP contribution in [0.2, 0.25) is 0 Å². The van der Waals surface area contributed by atoms with Gasteiger partial charge < -0.3 is 10.1 Å². The van der Waals surface area contributed by atoms with Gasteiger partial charge in [0, 0.05) is 24.4 Å². The lowest BCUT2D eigenvalue weighted by atomic mass is 9.96. The fourth-order valence-electron chi connectivity index (χ4n) is 2.57. The lowest BCUT2D eigenvalue weighted by molar-refractivity contribution is 0.0129. The molecule has 2 aliphatic heterocycles. The van der Waals surface area contributed by atoms with Crippen molar-refractivity contribution in [2.45, 2.75) is 64.0 Å². The lowest BCUT2D eigenvalue weighted by Gasteiger charge is -2.25. The summed E-state index contributed by atoms with van der Waals surface area (Å²) in [5.74, 6) is 1.17. The second kappa shape index (κ2) is 6.80. The van der Waals surface area contributed by atoms with E-state index in [0.29, 0.717) is 11.6 Å². The van der Waals surface area contributed by atoms with Crippen LogP contribution in [0.5, 0.6) is 0 Å². The van der Waals surface area contributed by atoms with Crippen molar-refractivity contribution in [3.05, 3.63) is 0 Å². The van der Waals surface area contributed by atoms with Crippen LogP contribution in [0.4, 0.5) is 0 Å². The van der Waals surface area contributed by atoms with Crippen LogP contribution in [-0.2, 0) is 4.74 Å². The van der Waals surface area contributed by atoms with Gasteiger partial charge in [0.25, 0.3) is 0 Å². The maximum absolute atomic E-state index is 5.73. The molecule has 0 spiro atoms. The Morgan fingerprint density at radius 3 is 2.83 bits per heavy atom. The third-order valence-electron chi connectivity index (χ3n) is 4.19. The van der Waals surface area contributed by atoms with Crippen LogP contribution in [-0.4, -0.2) is 35.7 Å². The molecule has 2 rings (SSSR count). The number of aliphatic imine (C=N–C) groups is 1. The van der Waals surface area contributed by atoms with E-state index >= 15 is 0 Å². The molecule has 0 aromatic heterocycles. The normalized spacial score (nSPS) is 29.4. The van der Waals surface area contributed by atoms with Gasteiger partial charge in [0.05, 0.1) is 6.10 Å². The predicted octanol–water partition coefficient (Wildman–Crippen LogP) is 3.20. The Balaban J connectivity index is 1.73. The van der Waals surface area contributed by atoms with Gasteiger partial charge in [-0.2, -0.15) is 0 Å². The molecule has 0 aliphatic carbocycles. The molecule has 4 heteroatoms. The number of amidine groups is 1. The van der Waals surface area contributed by atoms with Gasteiger partial charge in [0.2, 0.25) is 0 Å². The summed E-state index contributed by atoms with van der Waals surface area (Å²) < 4.78 is 5.73. The molecule has 104 valence electrons. The average Bonchev–Trinajstić information content (AvgIpc) is 2.84. The van der Waals surface area contributed by atoms with Crippen LogP contribution < -0.4 is 5.32 Å². The Morgan fingerprint density at radius 2 is 2.22 bits per heavy atom. The number of nitrogens with one attached hydrogen (secondary N) is 1. The zero-order chi connectivity index (χ0) is 12.8. The lowest BCUT2D eigenvalue weighted by Crippen LogP contribution is -2.42. The molecule has 2 aliphatic rings. The van der Waals surface area contributed by atoms with E-state index in [1.807, 2.05) is 11.8 Å². The molecule has 3 nitrogen and oxygen atoms in total. The molecule has 18 heavy (non-hydrogen) atoms. The van der Waals surface area contributed by atoms with Crippen molar-refractivity contribution in [2.24, 2.45) is 4.99 Å². The average molecular weight is 270 g/mol. The van der Waals surface area contributed by atoms with Gasteiger partial charge in [0.15, 0.2) is 5.17 Å². The van der Waals surface area contributed by atoms with Crippen molar-refractivity contribution >= 4 is 16.9 Å². The van der Waals surface area contributed by atoms with Gasteiger partial charge in [-0.05, 0) is 38.5 Å². The van der Waals surface area contributed by atoms with Gasteiger partial charge in [0.1, 0.15) is 0 Å². The van der Waals surface area contributed by atoms with Crippen molar-refractivity contribution in [3.8, 4) is 0 Å². The molecule has 0 radical (unpaired) electrons. The summed E-state index contributed by atoms with van der Waals surface area (Å²) in [4.78, 5) is 4.70. The summed E-state index contributed by atoms with van der Waals surface area (Å²) >= 11 is 1.88. The summed E-state index contributed by atoms with van der Waals surface area (Å²) in [6.45, 7) is 6.37. The monoisotopic (exact) mass is 270 g/mol. The van der Waals surface area contributed by atoms with Gasteiger partial charge in [-0.3, -0.25) is 4.99 Å². The van der Waals surface area contributed by atoms with Crippen molar-refractivity contribution in [2.75, 3.05) is 18.9 Å². The van der Waals surface area contributed by atoms with E-state index in [9.17, 15) is 0 Å². The molecular formula is C14H26N2OS. The minimum atomic E-state index is 0.296. The van der Waals surface area contributed by atoms with E-state index in [2.05, 4.69) is 19.2 Å². The van der Waals surface area contributed by atoms with Gasteiger partial charge in [-0.1, -0.05) is 25.6 Å². The number of hydrogen-bond acceptors (Lipinski definition) is 3. The van der Waals surface area contributed by atoms with Crippen LogP contribution in [0.15, 0.2) is 4.99 Å². The molecule has 1 N–H and O–H groups in total. The first kappa shape index (κ1) is 14.2. The second-order valence-electron chi connectivity index (χ2n) is 5.37. The first-order valence-electron chi connectivity index (χ1n) is 7.35. The van der Waals surface area contributed by atoms with E-state index in [1.165, 1.54) is 37.9 Å². The van der Waals surface area contributed by atoms with Crippen LogP contribution in [0.1, 0.15) is 52.4 Å². The number of thioether (sulfide) groups is 1. The first-order valence-corrected chi connectivity index (χ1v) is 8.33. The Hall–Kier alpha value is -0.220. The quantitative estimate of drug-likeness (QED) is 0.833. The van der Waals surface area contributed by atoms with Crippen LogP contribution in [0.3, 0.4) is 0 Å². The van der Waals surface area contributed by atoms with Crippen LogP contribution in [0, 0.1) is 0 Å². The molecule has 0 aromatic carbocycles. The zero-order valence-corrected chi connectivity index (χ0v) is 12.5. The molecule has 2 heterocycles. The SMILES string of the molecule is CCC1(CC)CSC(=NCCC2CCCCO2)N1. The van der Waals surface area contributed by atoms with Crippen molar-refractivity contribution in [3.63, 3.8) is 0 Å². The highest BCUT2D eigenvalue weighted by Gasteiger charge is 2.33. The summed E-state index contributed by atoms with van der Waals surface area (Å²) in [6.07, 6.45) is 7.68. The molecule has 0 amide bonds. The summed E-state index contributed by atoms with van der Waals surface area (Å²) in [7, 11) is 0. The Kier molecular flexibility index (Phi) is 5.37. The smallest absolute Gasteiger partial charge is 0.157 e.